The van der Waals surface area contributed by atoms with Crippen molar-refractivity contribution in [3.63, 3.8) is 0 Å². The van der Waals surface area contributed by atoms with E-state index in [1.54, 1.807) is 13.4 Å². The van der Waals surface area contributed by atoms with Gasteiger partial charge in [0, 0.05) is 59.3 Å². The summed E-state index contributed by atoms with van der Waals surface area (Å²) in [5, 5.41) is 11.7. The Labute approximate surface area is 208 Å². The number of aryl methyl sites for hydroxylation is 1. The topological polar surface area (TPSA) is 80.0 Å². The van der Waals surface area contributed by atoms with E-state index >= 15 is 0 Å². The van der Waals surface area contributed by atoms with Crippen LogP contribution < -0.4 is 10.1 Å². The molecule has 9 nitrogen and oxygen atoms in total. The highest BCUT2D eigenvalue weighted by atomic mass is 127. The average Bonchev–Trinajstić information content (AvgIpc) is 3.27. The van der Waals surface area contributed by atoms with Gasteiger partial charge in [0.25, 0.3) is 0 Å². The highest BCUT2D eigenvalue weighted by molar-refractivity contribution is 14.0. The molecule has 1 aromatic heterocycles. The molecule has 0 radical (unpaired) electrons. The number of hydrogen-bond acceptors (Lipinski definition) is 6. The number of guanidine groups is 1. The molecular weight excluding hydrogens is 521 g/mol. The minimum atomic E-state index is 0. The smallest absolute Gasteiger partial charge is 0.194 e. The van der Waals surface area contributed by atoms with Gasteiger partial charge in [0.2, 0.25) is 0 Å². The number of aliphatic imine (C=N–C) groups is 1. The molecule has 0 unspecified atom stereocenters. The van der Waals surface area contributed by atoms with Gasteiger partial charge in [-0.05, 0) is 12.1 Å². The highest BCUT2D eigenvalue weighted by Gasteiger charge is 2.19. The van der Waals surface area contributed by atoms with Gasteiger partial charge < -0.3 is 24.3 Å². The summed E-state index contributed by atoms with van der Waals surface area (Å²) < 4.78 is 13.1. The van der Waals surface area contributed by atoms with Crippen molar-refractivity contribution in [3.8, 4) is 5.75 Å². The van der Waals surface area contributed by atoms with Crippen molar-refractivity contribution in [2.24, 2.45) is 4.99 Å². The lowest BCUT2D eigenvalue weighted by molar-refractivity contribution is 0.151. The number of para-hydroxylation sites is 1. The normalized spacial score (nSPS) is 14.8. The van der Waals surface area contributed by atoms with Gasteiger partial charge in [0.05, 0.1) is 13.2 Å². The Morgan fingerprint density at radius 1 is 1.09 bits per heavy atom. The number of hydrogen-bond donors (Lipinski definition) is 1. The van der Waals surface area contributed by atoms with Gasteiger partial charge in [-0.15, -0.1) is 34.2 Å². The SMILES string of the molecule is CCc1nncn1CCNC(=NCCOC)N1CCN(CCOc2ccccc2)CC1.I. The molecule has 0 aliphatic carbocycles. The molecule has 1 fully saturated rings. The van der Waals surface area contributed by atoms with Crippen molar-refractivity contribution >= 4 is 29.9 Å². The van der Waals surface area contributed by atoms with Crippen LogP contribution >= 0.6 is 24.0 Å². The predicted octanol–water partition coefficient (Wildman–Crippen LogP) is 1.75. The molecule has 3 rings (SSSR count). The van der Waals surface area contributed by atoms with Gasteiger partial charge in [-0.25, -0.2) is 0 Å². The first-order chi connectivity index (χ1) is 15.3. The summed E-state index contributed by atoms with van der Waals surface area (Å²) in [5.41, 5.74) is 0. The number of aromatic nitrogens is 3. The lowest BCUT2D eigenvalue weighted by Gasteiger charge is -2.36. The first-order valence-electron chi connectivity index (χ1n) is 11.1. The second-order valence-electron chi connectivity index (χ2n) is 7.41. The number of nitrogens with one attached hydrogen (secondary N) is 1. The maximum Gasteiger partial charge on any atom is 0.194 e. The predicted molar refractivity (Wildman–Crippen MR) is 137 cm³/mol. The van der Waals surface area contributed by atoms with E-state index in [-0.39, 0.29) is 24.0 Å². The monoisotopic (exact) mass is 557 g/mol. The Morgan fingerprint density at radius 2 is 1.88 bits per heavy atom. The Kier molecular flexibility index (Phi) is 12.4. The molecular formula is C22H36IN7O2. The molecule has 178 valence electrons. The molecule has 0 spiro atoms. The first-order valence-corrected chi connectivity index (χ1v) is 11.1. The van der Waals surface area contributed by atoms with Gasteiger partial charge in [-0.3, -0.25) is 9.89 Å². The van der Waals surface area contributed by atoms with Crippen molar-refractivity contribution < 1.29 is 9.47 Å². The van der Waals surface area contributed by atoms with Crippen LogP contribution in [0.2, 0.25) is 0 Å². The molecule has 0 bridgehead atoms. The van der Waals surface area contributed by atoms with Crippen LogP contribution in [0.1, 0.15) is 12.7 Å². The summed E-state index contributed by atoms with van der Waals surface area (Å²) in [4.78, 5) is 9.52. The minimum Gasteiger partial charge on any atom is -0.492 e. The molecule has 0 amide bonds. The molecule has 1 aliphatic heterocycles. The van der Waals surface area contributed by atoms with E-state index in [0.29, 0.717) is 19.8 Å². The van der Waals surface area contributed by atoms with Gasteiger partial charge in [-0.1, -0.05) is 25.1 Å². The third-order valence-electron chi connectivity index (χ3n) is 5.30. The summed E-state index contributed by atoms with van der Waals surface area (Å²) in [6, 6.07) is 9.99. The molecule has 1 aromatic carbocycles. The summed E-state index contributed by atoms with van der Waals surface area (Å²) in [7, 11) is 1.71. The molecule has 2 heterocycles. The molecule has 32 heavy (non-hydrogen) atoms. The van der Waals surface area contributed by atoms with Gasteiger partial charge in [0.1, 0.15) is 24.5 Å². The quantitative estimate of drug-likeness (QED) is 0.195. The van der Waals surface area contributed by atoms with E-state index in [1.807, 2.05) is 30.3 Å². The molecule has 1 N–H and O–H groups in total. The van der Waals surface area contributed by atoms with Crippen LogP contribution in [0.15, 0.2) is 41.7 Å². The zero-order valence-corrected chi connectivity index (χ0v) is 21.5. The fourth-order valence-corrected chi connectivity index (χ4v) is 3.53. The number of ether oxygens (including phenoxy) is 2. The third-order valence-corrected chi connectivity index (χ3v) is 5.30. The standard InChI is InChI=1S/C22H35N7O2.HI/c1-3-21-26-25-19-29(21)11-9-23-22(24-10-17-30-2)28-14-12-27(13-15-28)16-18-31-20-7-5-4-6-8-20;/h4-8,19H,3,9-18H2,1-2H3,(H,23,24);1H. The van der Waals surface area contributed by atoms with E-state index in [2.05, 4.69) is 36.8 Å². The fraction of sp³-hybridized carbons (Fsp3) is 0.591. The number of nitrogens with zero attached hydrogens (tertiary/aromatic N) is 6. The lowest BCUT2D eigenvalue weighted by atomic mass is 10.3. The number of benzene rings is 1. The van der Waals surface area contributed by atoms with Gasteiger partial charge >= 0.3 is 0 Å². The second kappa shape index (κ2) is 15.0. The highest BCUT2D eigenvalue weighted by Crippen LogP contribution is 2.09. The summed E-state index contributed by atoms with van der Waals surface area (Å²) in [6.07, 6.45) is 2.67. The van der Waals surface area contributed by atoms with Gasteiger partial charge in [0.15, 0.2) is 5.96 Å². The number of halogens is 1. The molecule has 10 heteroatoms. The Balaban J connectivity index is 0.00000363. The minimum absolute atomic E-state index is 0. The number of rotatable bonds is 11. The van der Waals surface area contributed by atoms with Crippen molar-refractivity contribution in [3.05, 3.63) is 42.5 Å². The second-order valence-corrected chi connectivity index (χ2v) is 7.41. The van der Waals surface area contributed by atoms with Crippen LogP contribution in [0.25, 0.3) is 0 Å². The molecule has 0 atom stereocenters. The lowest BCUT2D eigenvalue weighted by Crippen LogP contribution is -2.53. The molecule has 1 saturated heterocycles. The van der Waals surface area contributed by atoms with Crippen molar-refractivity contribution in [1.82, 2.24) is 29.9 Å². The van der Waals surface area contributed by atoms with Crippen LogP contribution in [-0.2, 0) is 17.7 Å². The van der Waals surface area contributed by atoms with Crippen LogP contribution in [0.4, 0.5) is 0 Å². The van der Waals surface area contributed by atoms with E-state index in [0.717, 1.165) is 69.8 Å². The molecule has 1 aliphatic rings. The summed E-state index contributed by atoms with van der Waals surface area (Å²) in [5.74, 6) is 2.88. The maximum absolute atomic E-state index is 5.84. The third kappa shape index (κ3) is 8.55. The molecule has 0 saturated carbocycles. The Hall–Kier alpha value is -1.92. The zero-order chi connectivity index (χ0) is 21.7. The Bertz CT molecular complexity index is 780. The summed E-state index contributed by atoms with van der Waals surface area (Å²) >= 11 is 0. The maximum atomic E-state index is 5.84. The van der Waals surface area contributed by atoms with E-state index in [1.165, 1.54) is 0 Å². The van der Waals surface area contributed by atoms with Crippen LogP contribution in [0.3, 0.4) is 0 Å². The fourth-order valence-electron chi connectivity index (χ4n) is 3.53. The summed E-state index contributed by atoms with van der Waals surface area (Å²) in [6.45, 7) is 10.5. The number of piperazine rings is 1. The zero-order valence-electron chi connectivity index (χ0n) is 19.2. The average molecular weight is 557 g/mol. The van der Waals surface area contributed by atoms with Crippen molar-refractivity contribution in [1.29, 1.82) is 0 Å². The van der Waals surface area contributed by atoms with Crippen molar-refractivity contribution in [2.75, 3.05) is 66.1 Å². The van der Waals surface area contributed by atoms with Crippen molar-refractivity contribution in [2.45, 2.75) is 19.9 Å². The van der Waals surface area contributed by atoms with Crippen LogP contribution in [0, 0.1) is 0 Å². The first kappa shape index (κ1) is 26.3. The Morgan fingerprint density at radius 3 is 2.59 bits per heavy atom. The number of methoxy groups -OCH3 is 1. The van der Waals surface area contributed by atoms with E-state index < -0.39 is 0 Å². The van der Waals surface area contributed by atoms with Crippen LogP contribution in [-0.4, -0.2) is 96.7 Å². The van der Waals surface area contributed by atoms with Crippen LogP contribution in [0.5, 0.6) is 5.75 Å². The van der Waals surface area contributed by atoms with Gasteiger partial charge in [-0.2, -0.15) is 0 Å². The van der Waals surface area contributed by atoms with E-state index in [9.17, 15) is 0 Å². The largest absolute Gasteiger partial charge is 0.492 e. The van der Waals surface area contributed by atoms with E-state index in [4.69, 9.17) is 14.5 Å². The molecule has 2 aromatic rings.